The number of para-hydroxylation sites is 1. The van der Waals surface area contributed by atoms with E-state index in [-0.39, 0.29) is 12.5 Å². The Bertz CT molecular complexity index is 645. The molecule has 2 aromatic rings. The zero-order valence-electron chi connectivity index (χ0n) is 12.7. The Hall–Kier alpha value is -1.59. The van der Waals surface area contributed by atoms with Crippen LogP contribution in [0, 0.1) is 0 Å². The van der Waals surface area contributed by atoms with Crippen molar-refractivity contribution in [3.8, 4) is 0 Å². The van der Waals surface area contributed by atoms with Crippen LogP contribution in [0.3, 0.4) is 0 Å². The van der Waals surface area contributed by atoms with Crippen molar-refractivity contribution in [2.45, 2.75) is 6.10 Å². The second-order valence-corrected chi connectivity index (χ2v) is 6.08. The van der Waals surface area contributed by atoms with Crippen LogP contribution in [0.4, 0.5) is 5.69 Å². The molecule has 0 bridgehead atoms. The van der Waals surface area contributed by atoms with Crippen molar-refractivity contribution in [3.63, 3.8) is 0 Å². The molecule has 6 heteroatoms. The standard InChI is InChI=1S/C17H18Cl2N2O2/c1-21(10-15(22)12-6-3-2-4-7-12)11-16(23)20-17-13(18)8-5-9-14(17)19/h2-9,15,22H,10-11H2,1H3,(H,20,23)/t15-/m0/s1. The lowest BCUT2D eigenvalue weighted by Gasteiger charge is -2.20. The second-order valence-electron chi connectivity index (χ2n) is 5.27. The van der Waals surface area contributed by atoms with E-state index < -0.39 is 6.10 Å². The Balaban J connectivity index is 1.90. The quantitative estimate of drug-likeness (QED) is 0.834. The van der Waals surface area contributed by atoms with Crippen LogP contribution >= 0.6 is 23.2 Å². The minimum atomic E-state index is -0.655. The van der Waals surface area contributed by atoms with Crippen LogP contribution in [-0.4, -0.2) is 36.1 Å². The summed E-state index contributed by atoms with van der Waals surface area (Å²) < 4.78 is 0. The molecule has 122 valence electrons. The monoisotopic (exact) mass is 352 g/mol. The van der Waals surface area contributed by atoms with Crippen LogP contribution in [-0.2, 0) is 4.79 Å². The summed E-state index contributed by atoms with van der Waals surface area (Å²) >= 11 is 12.0. The summed E-state index contributed by atoms with van der Waals surface area (Å²) in [5.74, 6) is -0.247. The highest BCUT2D eigenvalue weighted by molar-refractivity contribution is 6.39. The van der Waals surface area contributed by atoms with Gasteiger partial charge in [-0.05, 0) is 24.7 Å². The zero-order valence-corrected chi connectivity index (χ0v) is 14.2. The lowest BCUT2D eigenvalue weighted by Crippen LogP contribution is -2.33. The van der Waals surface area contributed by atoms with E-state index in [1.165, 1.54) is 0 Å². The third-order valence-electron chi connectivity index (χ3n) is 3.31. The summed E-state index contributed by atoms with van der Waals surface area (Å²) in [5, 5.41) is 13.6. The molecule has 0 saturated carbocycles. The van der Waals surface area contributed by atoms with Crippen LogP contribution in [0.2, 0.25) is 10.0 Å². The smallest absolute Gasteiger partial charge is 0.238 e. The number of aliphatic hydroxyl groups is 1. The molecule has 1 amide bonds. The number of aliphatic hydroxyl groups excluding tert-OH is 1. The van der Waals surface area contributed by atoms with E-state index in [0.29, 0.717) is 22.3 Å². The molecule has 1 atom stereocenters. The first-order valence-electron chi connectivity index (χ1n) is 7.13. The fourth-order valence-electron chi connectivity index (χ4n) is 2.18. The first-order chi connectivity index (χ1) is 11.0. The number of amides is 1. The van der Waals surface area contributed by atoms with E-state index >= 15 is 0 Å². The number of likely N-dealkylation sites (N-methyl/N-ethyl adjacent to an activating group) is 1. The van der Waals surface area contributed by atoms with Gasteiger partial charge < -0.3 is 10.4 Å². The summed E-state index contributed by atoms with van der Waals surface area (Å²) in [6, 6.07) is 14.3. The zero-order chi connectivity index (χ0) is 16.8. The number of rotatable bonds is 6. The van der Waals surface area contributed by atoms with E-state index in [0.717, 1.165) is 5.56 Å². The molecule has 0 unspecified atom stereocenters. The molecule has 2 aromatic carbocycles. The van der Waals surface area contributed by atoms with Gasteiger partial charge in [-0.3, -0.25) is 9.69 Å². The van der Waals surface area contributed by atoms with Gasteiger partial charge in [0.05, 0.1) is 28.4 Å². The van der Waals surface area contributed by atoms with Crippen LogP contribution in [0.25, 0.3) is 0 Å². The predicted molar refractivity (Wildman–Crippen MR) is 94.0 cm³/mol. The van der Waals surface area contributed by atoms with Gasteiger partial charge >= 0.3 is 0 Å². The van der Waals surface area contributed by atoms with Crippen molar-refractivity contribution in [1.29, 1.82) is 0 Å². The first-order valence-corrected chi connectivity index (χ1v) is 7.88. The van der Waals surface area contributed by atoms with Gasteiger partial charge in [-0.2, -0.15) is 0 Å². The maximum Gasteiger partial charge on any atom is 0.238 e. The maximum absolute atomic E-state index is 12.1. The summed E-state index contributed by atoms with van der Waals surface area (Å²) in [4.78, 5) is 13.8. The van der Waals surface area contributed by atoms with Crippen LogP contribution < -0.4 is 5.32 Å². The highest BCUT2D eigenvalue weighted by Gasteiger charge is 2.15. The number of hydrogen-bond acceptors (Lipinski definition) is 3. The lowest BCUT2D eigenvalue weighted by atomic mass is 10.1. The summed E-state index contributed by atoms with van der Waals surface area (Å²) in [5.41, 5.74) is 1.21. The molecule has 0 heterocycles. The van der Waals surface area contributed by atoms with Gasteiger partial charge in [-0.1, -0.05) is 59.6 Å². The predicted octanol–water partition coefficient (Wildman–Crippen LogP) is 3.60. The Morgan fingerprint density at radius 3 is 2.35 bits per heavy atom. The molecule has 0 aliphatic carbocycles. The highest BCUT2D eigenvalue weighted by atomic mass is 35.5. The van der Waals surface area contributed by atoms with Crippen molar-refractivity contribution >= 4 is 34.8 Å². The first kappa shape index (κ1) is 17.8. The highest BCUT2D eigenvalue weighted by Crippen LogP contribution is 2.29. The third-order valence-corrected chi connectivity index (χ3v) is 3.94. The number of anilines is 1. The normalized spacial score (nSPS) is 12.2. The molecule has 0 radical (unpaired) electrons. The molecule has 0 aliphatic heterocycles. The van der Waals surface area contributed by atoms with Crippen molar-refractivity contribution in [1.82, 2.24) is 4.90 Å². The fourth-order valence-corrected chi connectivity index (χ4v) is 2.67. The summed E-state index contributed by atoms with van der Waals surface area (Å²) in [6.45, 7) is 0.457. The minimum Gasteiger partial charge on any atom is -0.387 e. The van der Waals surface area contributed by atoms with Crippen molar-refractivity contribution in [2.24, 2.45) is 0 Å². The fraction of sp³-hybridized carbons (Fsp3) is 0.235. The van der Waals surface area contributed by atoms with Crippen molar-refractivity contribution in [3.05, 3.63) is 64.1 Å². The second kappa shape index (κ2) is 8.31. The Labute approximate surface area is 145 Å². The van der Waals surface area contributed by atoms with Gasteiger partial charge in [0.15, 0.2) is 0 Å². The summed E-state index contributed by atoms with van der Waals surface area (Å²) in [7, 11) is 1.76. The molecule has 4 nitrogen and oxygen atoms in total. The number of benzene rings is 2. The SMILES string of the molecule is CN(CC(=O)Nc1c(Cl)cccc1Cl)C[C@H](O)c1ccccc1. The molecule has 0 aliphatic rings. The van der Waals surface area contributed by atoms with Gasteiger partial charge in [0.2, 0.25) is 5.91 Å². The third kappa shape index (κ3) is 5.22. The number of carbonyl (C=O) groups excluding carboxylic acids is 1. The van der Waals surface area contributed by atoms with E-state index in [2.05, 4.69) is 5.32 Å². The van der Waals surface area contributed by atoms with Gasteiger partial charge in [-0.15, -0.1) is 0 Å². The van der Waals surface area contributed by atoms with E-state index in [1.807, 2.05) is 30.3 Å². The molecule has 0 fully saturated rings. The van der Waals surface area contributed by atoms with Crippen molar-refractivity contribution in [2.75, 3.05) is 25.5 Å². The topological polar surface area (TPSA) is 52.6 Å². The van der Waals surface area contributed by atoms with Gasteiger partial charge in [-0.25, -0.2) is 0 Å². The van der Waals surface area contributed by atoms with Crippen LogP contribution in [0.15, 0.2) is 48.5 Å². The molecule has 0 saturated heterocycles. The molecular weight excluding hydrogens is 335 g/mol. The Kier molecular flexibility index (Phi) is 6.42. The molecule has 23 heavy (non-hydrogen) atoms. The maximum atomic E-state index is 12.1. The van der Waals surface area contributed by atoms with Gasteiger partial charge in [0, 0.05) is 6.54 Å². The van der Waals surface area contributed by atoms with Crippen LogP contribution in [0.1, 0.15) is 11.7 Å². The average Bonchev–Trinajstić information content (AvgIpc) is 2.51. The largest absolute Gasteiger partial charge is 0.387 e. The van der Waals surface area contributed by atoms with Gasteiger partial charge in [0.25, 0.3) is 0 Å². The molecule has 0 spiro atoms. The van der Waals surface area contributed by atoms with E-state index in [9.17, 15) is 9.90 Å². The molecule has 2 N–H and O–H groups in total. The Morgan fingerprint density at radius 1 is 1.13 bits per heavy atom. The van der Waals surface area contributed by atoms with E-state index in [1.54, 1.807) is 30.1 Å². The van der Waals surface area contributed by atoms with E-state index in [4.69, 9.17) is 23.2 Å². The number of nitrogens with zero attached hydrogens (tertiary/aromatic N) is 1. The number of hydrogen-bond donors (Lipinski definition) is 2. The minimum absolute atomic E-state index is 0.117. The average molecular weight is 353 g/mol. The number of carbonyl (C=O) groups is 1. The molecule has 2 rings (SSSR count). The molecule has 0 aromatic heterocycles. The van der Waals surface area contributed by atoms with Crippen LogP contribution in [0.5, 0.6) is 0 Å². The number of nitrogens with one attached hydrogen (secondary N) is 1. The lowest BCUT2D eigenvalue weighted by molar-refractivity contribution is -0.117. The molecular formula is C17H18Cl2N2O2. The Morgan fingerprint density at radius 2 is 1.74 bits per heavy atom. The van der Waals surface area contributed by atoms with Gasteiger partial charge in [0.1, 0.15) is 0 Å². The number of halogens is 2. The van der Waals surface area contributed by atoms with Crippen molar-refractivity contribution < 1.29 is 9.90 Å². The summed E-state index contributed by atoms with van der Waals surface area (Å²) in [6.07, 6.45) is -0.655.